The van der Waals surface area contributed by atoms with Gasteiger partial charge in [-0.15, -0.1) is 0 Å². The Morgan fingerprint density at radius 1 is 1.15 bits per heavy atom. The lowest BCUT2D eigenvalue weighted by Crippen LogP contribution is -2.51. The van der Waals surface area contributed by atoms with Gasteiger partial charge in [0, 0.05) is 20.5 Å². The van der Waals surface area contributed by atoms with Crippen molar-refractivity contribution in [1.29, 1.82) is 0 Å². The minimum Gasteiger partial charge on any atom is -0.444 e. The van der Waals surface area contributed by atoms with Crippen molar-refractivity contribution in [3.63, 3.8) is 0 Å². The van der Waals surface area contributed by atoms with Crippen molar-refractivity contribution in [1.82, 2.24) is 9.80 Å². The molecule has 1 fully saturated rings. The van der Waals surface area contributed by atoms with Gasteiger partial charge in [-0.2, -0.15) is 0 Å². The summed E-state index contributed by atoms with van der Waals surface area (Å²) in [6.07, 6.45) is -0.714. The Morgan fingerprint density at radius 3 is 2.23 bits per heavy atom. The fraction of sp³-hybridized carbons (Fsp3) is 0.600. The van der Waals surface area contributed by atoms with E-state index in [9.17, 15) is 9.59 Å². The fourth-order valence-electron chi connectivity index (χ4n) is 3.62. The summed E-state index contributed by atoms with van der Waals surface area (Å²) in [6, 6.07) is 9.93. The van der Waals surface area contributed by atoms with Gasteiger partial charge in [-0.1, -0.05) is 70.7 Å². The van der Waals surface area contributed by atoms with E-state index in [1.807, 2.05) is 30.3 Å². The quantitative estimate of drug-likeness (QED) is 0.741. The molecular formula is C20H32N2O3Si. The van der Waals surface area contributed by atoms with E-state index >= 15 is 0 Å². The van der Waals surface area contributed by atoms with Gasteiger partial charge in [-0.25, -0.2) is 4.79 Å². The highest BCUT2D eigenvalue weighted by molar-refractivity contribution is 6.76. The predicted octanol–water partition coefficient (Wildman–Crippen LogP) is 4.18. The Balaban J connectivity index is 2.27. The maximum absolute atomic E-state index is 13.0. The molecule has 2 amide bonds. The van der Waals surface area contributed by atoms with E-state index < -0.39 is 20.2 Å². The summed E-state index contributed by atoms with van der Waals surface area (Å²) in [4.78, 5) is 29.3. The molecule has 0 bridgehead atoms. The second kappa shape index (κ2) is 7.43. The third-order valence-electron chi connectivity index (χ3n) is 4.60. The number of likely N-dealkylation sites (N-methyl/N-ethyl adjacent to an activating group) is 1. The first-order valence-electron chi connectivity index (χ1n) is 9.17. The topological polar surface area (TPSA) is 49.9 Å². The van der Waals surface area contributed by atoms with Gasteiger partial charge in [0.2, 0.25) is 5.91 Å². The van der Waals surface area contributed by atoms with Gasteiger partial charge >= 0.3 is 6.09 Å². The van der Waals surface area contributed by atoms with Crippen molar-refractivity contribution in [3.05, 3.63) is 35.9 Å². The summed E-state index contributed by atoms with van der Waals surface area (Å²) < 4.78 is 5.60. The number of carbonyl (C=O) groups is 2. The molecule has 6 heteroatoms. The molecule has 0 spiro atoms. The van der Waals surface area contributed by atoms with Gasteiger partial charge in [0.15, 0.2) is 0 Å². The largest absolute Gasteiger partial charge is 0.444 e. The summed E-state index contributed by atoms with van der Waals surface area (Å²) in [5.74, 6) is 0.0176. The summed E-state index contributed by atoms with van der Waals surface area (Å²) in [6.45, 7) is 13.0. The Hall–Kier alpha value is -1.82. The molecule has 0 aliphatic carbocycles. The zero-order valence-corrected chi connectivity index (χ0v) is 18.1. The van der Waals surface area contributed by atoms with Crippen molar-refractivity contribution in [2.45, 2.75) is 65.3 Å². The van der Waals surface area contributed by atoms with Gasteiger partial charge in [0.05, 0.1) is 0 Å². The van der Waals surface area contributed by atoms with Gasteiger partial charge in [0.25, 0.3) is 0 Å². The lowest BCUT2D eigenvalue weighted by atomic mass is 9.91. The predicted molar refractivity (Wildman–Crippen MR) is 106 cm³/mol. The lowest BCUT2D eigenvalue weighted by Gasteiger charge is -2.38. The van der Waals surface area contributed by atoms with E-state index in [0.29, 0.717) is 0 Å². The maximum Gasteiger partial charge on any atom is 0.412 e. The van der Waals surface area contributed by atoms with Crippen molar-refractivity contribution < 1.29 is 14.3 Å². The first kappa shape index (κ1) is 20.5. The molecule has 5 nitrogen and oxygen atoms in total. The van der Waals surface area contributed by atoms with Crippen molar-refractivity contribution in [2.24, 2.45) is 5.41 Å². The standard InChI is InChI=1S/C20H32N2O3Si/c1-20(2,3)18-21(4)17(23)16(14-26(5,6)7)22(18)19(24)25-13-15-11-9-8-10-12-15/h8-12,16,18H,13-14H2,1-7H3. The smallest absolute Gasteiger partial charge is 0.412 e. The van der Waals surface area contributed by atoms with Crippen LogP contribution in [0.25, 0.3) is 0 Å². The van der Waals surface area contributed by atoms with Crippen LogP contribution in [0.2, 0.25) is 25.7 Å². The van der Waals surface area contributed by atoms with Gasteiger partial charge in [0.1, 0.15) is 18.8 Å². The third kappa shape index (κ3) is 4.66. The maximum atomic E-state index is 13.0. The van der Waals surface area contributed by atoms with E-state index in [0.717, 1.165) is 11.6 Å². The zero-order valence-electron chi connectivity index (χ0n) is 17.1. The van der Waals surface area contributed by atoms with E-state index in [2.05, 4.69) is 40.4 Å². The van der Waals surface area contributed by atoms with Crippen LogP contribution in [0, 0.1) is 5.41 Å². The highest BCUT2D eigenvalue weighted by Gasteiger charge is 2.52. The van der Waals surface area contributed by atoms with Crippen LogP contribution >= 0.6 is 0 Å². The Bertz CT molecular complexity index is 649. The molecular weight excluding hydrogens is 344 g/mol. The molecule has 0 N–H and O–H groups in total. The first-order chi connectivity index (χ1) is 11.9. The van der Waals surface area contributed by atoms with Crippen LogP contribution in [0.5, 0.6) is 0 Å². The van der Waals surface area contributed by atoms with Crippen molar-refractivity contribution in [2.75, 3.05) is 7.05 Å². The monoisotopic (exact) mass is 376 g/mol. The molecule has 2 rings (SSSR count). The molecule has 0 radical (unpaired) electrons. The summed E-state index contributed by atoms with van der Waals surface area (Å²) in [5.41, 5.74) is 0.679. The Kier molecular flexibility index (Phi) is 5.85. The van der Waals surface area contributed by atoms with Gasteiger partial charge in [-0.05, 0) is 11.6 Å². The van der Waals surface area contributed by atoms with Crippen LogP contribution in [0.4, 0.5) is 4.79 Å². The van der Waals surface area contributed by atoms with Crippen LogP contribution < -0.4 is 0 Å². The normalized spacial score (nSPS) is 21.3. The van der Waals surface area contributed by atoms with Crippen LogP contribution in [0.1, 0.15) is 26.3 Å². The molecule has 0 aromatic heterocycles. The number of amides is 2. The molecule has 1 aromatic carbocycles. The molecule has 144 valence electrons. The molecule has 0 saturated carbocycles. The molecule has 2 atom stereocenters. The molecule has 1 heterocycles. The highest BCUT2D eigenvalue weighted by Crippen LogP contribution is 2.37. The average Bonchev–Trinajstić information content (AvgIpc) is 2.77. The molecule has 1 saturated heterocycles. The molecule has 1 aliphatic heterocycles. The van der Waals surface area contributed by atoms with Crippen LogP contribution in [0.3, 0.4) is 0 Å². The SMILES string of the molecule is CN1C(=O)C(C[Si](C)(C)C)N(C(=O)OCc2ccccc2)C1C(C)(C)C. The number of benzene rings is 1. The van der Waals surface area contributed by atoms with E-state index in [4.69, 9.17) is 4.74 Å². The summed E-state index contributed by atoms with van der Waals surface area (Å²) in [7, 11) is 0.238. The minimum absolute atomic E-state index is 0.0176. The average molecular weight is 377 g/mol. The molecule has 1 aromatic rings. The highest BCUT2D eigenvalue weighted by atomic mass is 28.3. The van der Waals surface area contributed by atoms with Crippen molar-refractivity contribution >= 4 is 20.1 Å². The number of hydrogen-bond acceptors (Lipinski definition) is 3. The first-order valence-corrected chi connectivity index (χ1v) is 12.9. The second-order valence-electron chi connectivity index (χ2n) is 9.42. The van der Waals surface area contributed by atoms with Gasteiger partial charge < -0.3 is 9.64 Å². The number of nitrogens with zero attached hydrogens (tertiary/aromatic N) is 2. The third-order valence-corrected chi connectivity index (χ3v) is 6.21. The molecule has 2 unspecified atom stereocenters. The van der Waals surface area contributed by atoms with Crippen molar-refractivity contribution in [3.8, 4) is 0 Å². The molecule has 26 heavy (non-hydrogen) atoms. The van der Waals surface area contributed by atoms with Gasteiger partial charge in [-0.3, -0.25) is 9.69 Å². The number of ether oxygens (including phenoxy) is 1. The number of carbonyl (C=O) groups excluding carboxylic acids is 2. The number of rotatable bonds is 4. The zero-order chi connectivity index (χ0) is 19.7. The van der Waals surface area contributed by atoms with E-state index in [-0.39, 0.29) is 24.1 Å². The lowest BCUT2D eigenvalue weighted by molar-refractivity contribution is -0.129. The Morgan fingerprint density at radius 2 is 1.73 bits per heavy atom. The minimum atomic E-state index is -1.55. The summed E-state index contributed by atoms with van der Waals surface area (Å²) in [5, 5.41) is 0. The second-order valence-corrected chi connectivity index (χ2v) is 14.9. The van der Waals surface area contributed by atoms with Crippen LogP contribution in [-0.4, -0.2) is 49.1 Å². The van der Waals surface area contributed by atoms with E-state index in [1.54, 1.807) is 16.8 Å². The summed E-state index contributed by atoms with van der Waals surface area (Å²) >= 11 is 0. The molecule has 1 aliphatic rings. The Labute approximate surface area is 158 Å². The van der Waals surface area contributed by atoms with Crippen LogP contribution in [-0.2, 0) is 16.1 Å². The fourth-order valence-corrected chi connectivity index (χ4v) is 5.15. The number of hydrogen-bond donors (Lipinski definition) is 0. The van der Waals surface area contributed by atoms with Crippen LogP contribution in [0.15, 0.2) is 30.3 Å². The van der Waals surface area contributed by atoms with E-state index in [1.165, 1.54) is 0 Å².